The molecule has 4 heteroatoms. The van der Waals surface area contributed by atoms with Crippen molar-refractivity contribution in [2.24, 2.45) is 0 Å². The van der Waals surface area contributed by atoms with Crippen molar-refractivity contribution in [1.82, 2.24) is 0 Å². The van der Waals surface area contributed by atoms with Crippen LogP contribution in [-0.4, -0.2) is 11.0 Å². The van der Waals surface area contributed by atoms with E-state index in [9.17, 15) is 10.1 Å². The second kappa shape index (κ2) is 3.98. The molecule has 1 aliphatic rings. The third-order valence-electron chi connectivity index (χ3n) is 2.59. The van der Waals surface area contributed by atoms with Crippen LogP contribution < -0.4 is 0 Å². The molecule has 1 aromatic rings. The minimum Gasteiger partial charge on any atom is -0.365 e. The quantitative estimate of drug-likeness (QED) is 0.433. The molecular formula is C11H13NO3. The maximum atomic E-state index is 10.4. The van der Waals surface area contributed by atoms with Crippen LogP contribution in [0.2, 0.25) is 0 Å². The Hall–Kier alpha value is -1.42. The maximum absolute atomic E-state index is 10.4. The van der Waals surface area contributed by atoms with Gasteiger partial charge in [-0.1, -0.05) is 13.3 Å². The largest absolute Gasteiger partial charge is 0.365 e. The molecular weight excluding hydrogens is 194 g/mol. The van der Waals surface area contributed by atoms with E-state index in [0.717, 1.165) is 18.4 Å². The monoisotopic (exact) mass is 207 g/mol. The Balaban J connectivity index is 2.03. The highest BCUT2D eigenvalue weighted by Gasteiger charge is 2.38. The number of hydrogen-bond donors (Lipinski definition) is 0. The average Bonchev–Trinajstić information content (AvgIpc) is 2.98. The summed E-state index contributed by atoms with van der Waals surface area (Å²) in [5, 5.41) is 10.4. The van der Waals surface area contributed by atoms with Crippen molar-refractivity contribution in [1.29, 1.82) is 0 Å². The summed E-state index contributed by atoms with van der Waals surface area (Å²) in [6, 6.07) is 6.61. The highest BCUT2D eigenvalue weighted by molar-refractivity contribution is 5.35. The molecule has 0 saturated carbocycles. The number of ether oxygens (including phenoxy) is 1. The van der Waals surface area contributed by atoms with Crippen molar-refractivity contribution in [3.05, 3.63) is 39.9 Å². The molecule has 2 atom stereocenters. The molecule has 0 unspecified atom stereocenters. The maximum Gasteiger partial charge on any atom is 0.269 e. The van der Waals surface area contributed by atoms with Gasteiger partial charge in [0.2, 0.25) is 0 Å². The Morgan fingerprint density at radius 3 is 2.60 bits per heavy atom. The van der Waals surface area contributed by atoms with Crippen LogP contribution in [0.15, 0.2) is 24.3 Å². The van der Waals surface area contributed by atoms with Gasteiger partial charge in [-0.15, -0.1) is 0 Å². The topological polar surface area (TPSA) is 55.7 Å². The van der Waals surface area contributed by atoms with Crippen LogP contribution in [0.25, 0.3) is 0 Å². The Morgan fingerprint density at radius 1 is 1.40 bits per heavy atom. The number of hydrogen-bond acceptors (Lipinski definition) is 3. The number of nitro benzene ring substituents is 1. The summed E-state index contributed by atoms with van der Waals surface area (Å²) in [5.74, 6) is 0. The summed E-state index contributed by atoms with van der Waals surface area (Å²) in [6.45, 7) is 2.12. The van der Waals surface area contributed by atoms with Crippen molar-refractivity contribution in [3.63, 3.8) is 0 Å². The van der Waals surface area contributed by atoms with Gasteiger partial charge >= 0.3 is 0 Å². The van der Waals surface area contributed by atoms with Crippen LogP contribution in [0, 0.1) is 10.1 Å². The van der Waals surface area contributed by atoms with Gasteiger partial charge in [-0.2, -0.15) is 0 Å². The highest BCUT2D eigenvalue weighted by Crippen LogP contribution is 2.41. The molecule has 1 fully saturated rings. The smallest absolute Gasteiger partial charge is 0.269 e. The van der Waals surface area contributed by atoms with Crippen molar-refractivity contribution < 1.29 is 9.66 Å². The molecule has 0 aromatic heterocycles. The molecule has 0 amide bonds. The Kier molecular flexibility index (Phi) is 2.68. The normalized spacial score (nSPS) is 23.8. The minimum absolute atomic E-state index is 0.131. The first kappa shape index (κ1) is 10.1. The molecule has 1 aliphatic heterocycles. The molecule has 80 valence electrons. The third kappa shape index (κ3) is 2.15. The average molecular weight is 207 g/mol. The van der Waals surface area contributed by atoms with E-state index in [-0.39, 0.29) is 16.7 Å². The first-order chi connectivity index (χ1) is 7.22. The Labute approximate surface area is 88.0 Å². The molecule has 1 saturated heterocycles. The van der Waals surface area contributed by atoms with Crippen LogP contribution >= 0.6 is 0 Å². The van der Waals surface area contributed by atoms with E-state index >= 15 is 0 Å². The summed E-state index contributed by atoms with van der Waals surface area (Å²) in [5.41, 5.74) is 1.17. The van der Waals surface area contributed by atoms with Crippen molar-refractivity contribution in [2.45, 2.75) is 32.0 Å². The number of non-ortho nitro benzene ring substituents is 1. The summed E-state index contributed by atoms with van der Waals surface area (Å²) < 4.78 is 5.47. The minimum atomic E-state index is -0.388. The number of benzene rings is 1. The molecule has 4 nitrogen and oxygen atoms in total. The van der Waals surface area contributed by atoms with Crippen molar-refractivity contribution in [3.8, 4) is 0 Å². The number of rotatable bonds is 4. The van der Waals surface area contributed by atoms with E-state index in [0.29, 0.717) is 6.10 Å². The van der Waals surface area contributed by atoms with E-state index in [4.69, 9.17) is 4.74 Å². The summed E-state index contributed by atoms with van der Waals surface area (Å²) >= 11 is 0. The molecule has 2 rings (SSSR count). The third-order valence-corrected chi connectivity index (χ3v) is 2.59. The van der Waals surface area contributed by atoms with Gasteiger partial charge in [0, 0.05) is 12.1 Å². The lowest BCUT2D eigenvalue weighted by molar-refractivity contribution is -0.384. The molecule has 15 heavy (non-hydrogen) atoms. The predicted molar refractivity (Wildman–Crippen MR) is 55.6 cm³/mol. The van der Waals surface area contributed by atoms with E-state index in [2.05, 4.69) is 6.92 Å². The first-order valence-corrected chi connectivity index (χ1v) is 5.12. The molecule has 0 aliphatic carbocycles. The fraction of sp³-hybridized carbons (Fsp3) is 0.455. The fourth-order valence-electron chi connectivity index (χ4n) is 1.73. The zero-order valence-electron chi connectivity index (χ0n) is 8.55. The molecule has 0 bridgehead atoms. The highest BCUT2D eigenvalue weighted by atomic mass is 16.6. The lowest BCUT2D eigenvalue weighted by Gasteiger charge is -1.95. The number of epoxide rings is 1. The van der Waals surface area contributed by atoms with Gasteiger partial charge in [0.25, 0.3) is 5.69 Å². The van der Waals surface area contributed by atoms with Gasteiger partial charge < -0.3 is 4.74 Å². The van der Waals surface area contributed by atoms with Crippen molar-refractivity contribution in [2.75, 3.05) is 0 Å². The first-order valence-electron chi connectivity index (χ1n) is 5.12. The van der Waals surface area contributed by atoms with E-state index in [1.165, 1.54) is 12.1 Å². The molecule has 1 heterocycles. The van der Waals surface area contributed by atoms with Crippen molar-refractivity contribution >= 4 is 5.69 Å². The fourth-order valence-corrected chi connectivity index (χ4v) is 1.73. The molecule has 1 aromatic carbocycles. The number of nitrogens with zero attached hydrogens (tertiary/aromatic N) is 1. The van der Waals surface area contributed by atoms with Crippen LogP contribution in [0.5, 0.6) is 0 Å². The zero-order valence-corrected chi connectivity index (χ0v) is 8.55. The van der Waals surface area contributed by atoms with Gasteiger partial charge in [-0.05, 0) is 24.1 Å². The Morgan fingerprint density at radius 2 is 2.07 bits per heavy atom. The van der Waals surface area contributed by atoms with Gasteiger partial charge in [0.15, 0.2) is 0 Å². The summed E-state index contributed by atoms with van der Waals surface area (Å²) in [4.78, 5) is 10.1. The predicted octanol–water partition coefficient (Wildman–Crippen LogP) is 2.83. The van der Waals surface area contributed by atoms with Gasteiger partial charge in [-0.25, -0.2) is 0 Å². The van der Waals surface area contributed by atoms with E-state index < -0.39 is 0 Å². The second-order valence-electron chi connectivity index (χ2n) is 3.73. The summed E-state index contributed by atoms with van der Waals surface area (Å²) in [6.07, 6.45) is 2.64. The molecule has 0 N–H and O–H groups in total. The lowest BCUT2D eigenvalue weighted by Crippen LogP contribution is -1.90. The Bertz CT molecular complexity index is 361. The zero-order chi connectivity index (χ0) is 10.8. The molecule has 0 spiro atoms. The molecule has 0 radical (unpaired) electrons. The van der Waals surface area contributed by atoms with Crippen LogP contribution in [0.1, 0.15) is 31.4 Å². The second-order valence-corrected chi connectivity index (χ2v) is 3.73. The lowest BCUT2D eigenvalue weighted by atomic mass is 10.1. The van der Waals surface area contributed by atoms with Crippen LogP contribution in [0.4, 0.5) is 5.69 Å². The summed E-state index contributed by atoms with van der Waals surface area (Å²) in [7, 11) is 0. The van der Waals surface area contributed by atoms with E-state index in [1.54, 1.807) is 12.1 Å². The van der Waals surface area contributed by atoms with Gasteiger partial charge in [-0.3, -0.25) is 10.1 Å². The standard InChI is InChI=1S/C11H13NO3/c1-2-3-10-11(15-10)8-4-6-9(7-5-8)12(13)14/h4-7,10-11H,2-3H2,1H3/t10-,11-/m0/s1. The van der Waals surface area contributed by atoms with Crippen LogP contribution in [0.3, 0.4) is 0 Å². The van der Waals surface area contributed by atoms with Gasteiger partial charge in [0.1, 0.15) is 6.10 Å². The SMILES string of the molecule is CCC[C@@H]1O[C@H]1c1ccc([N+](=O)[O-])cc1. The van der Waals surface area contributed by atoms with Crippen LogP contribution in [-0.2, 0) is 4.74 Å². The number of nitro groups is 1. The van der Waals surface area contributed by atoms with E-state index in [1.807, 2.05) is 0 Å². The van der Waals surface area contributed by atoms with Gasteiger partial charge in [0.05, 0.1) is 11.0 Å².